The largest absolute Gasteiger partial charge is 0.419 e. The Morgan fingerprint density at radius 1 is 1.35 bits per heavy atom. The van der Waals surface area contributed by atoms with Crippen LogP contribution in [0.25, 0.3) is 5.65 Å². The summed E-state index contributed by atoms with van der Waals surface area (Å²) in [6, 6.07) is 1.11. The van der Waals surface area contributed by atoms with Crippen LogP contribution in [0, 0.1) is 6.92 Å². The highest BCUT2D eigenvalue weighted by molar-refractivity contribution is 5.52. The fourth-order valence-electron chi connectivity index (χ4n) is 2.88. The van der Waals surface area contributed by atoms with Crippen LogP contribution >= 0.6 is 0 Å². The van der Waals surface area contributed by atoms with Gasteiger partial charge in [-0.15, -0.1) is 0 Å². The smallest absolute Gasteiger partial charge is 0.390 e. The Labute approximate surface area is 114 Å². The normalized spacial score (nSPS) is 26.8. The third kappa shape index (κ3) is 2.18. The van der Waals surface area contributed by atoms with Gasteiger partial charge in [0.05, 0.1) is 16.9 Å². The van der Waals surface area contributed by atoms with E-state index < -0.39 is 17.3 Å². The fraction of sp³-hybridized carbons (Fsp3) is 0.500. The van der Waals surface area contributed by atoms with E-state index in [2.05, 4.69) is 4.98 Å². The quantitative estimate of drug-likeness (QED) is 0.872. The minimum atomic E-state index is -4.42. The van der Waals surface area contributed by atoms with Crippen LogP contribution in [0.5, 0.6) is 0 Å². The van der Waals surface area contributed by atoms with Gasteiger partial charge in [-0.2, -0.15) is 13.2 Å². The van der Waals surface area contributed by atoms with Gasteiger partial charge in [-0.3, -0.25) is 0 Å². The van der Waals surface area contributed by atoms with Crippen molar-refractivity contribution in [3.05, 3.63) is 35.3 Å². The van der Waals surface area contributed by atoms with Gasteiger partial charge in [0.25, 0.3) is 0 Å². The van der Waals surface area contributed by atoms with Crippen molar-refractivity contribution in [1.82, 2.24) is 9.38 Å². The van der Waals surface area contributed by atoms with Crippen molar-refractivity contribution in [2.24, 2.45) is 0 Å². The van der Waals surface area contributed by atoms with E-state index in [1.165, 1.54) is 4.40 Å². The topological polar surface area (TPSA) is 37.5 Å². The minimum Gasteiger partial charge on any atom is -0.390 e. The molecule has 0 unspecified atom stereocenters. The monoisotopic (exact) mass is 284 g/mol. The average Bonchev–Trinajstić information content (AvgIpc) is 2.66. The van der Waals surface area contributed by atoms with Crippen LogP contribution in [-0.4, -0.2) is 20.1 Å². The summed E-state index contributed by atoms with van der Waals surface area (Å²) < 4.78 is 40.5. The molecule has 0 radical (unpaired) electrons. The number of alkyl halides is 3. The van der Waals surface area contributed by atoms with Gasteiger partial charge < -0.3 is 9.51 Å². The highest BCUT2D eigenvalue weighted by atomic mass is 19.4. The highest BCUT2D eigenvalue weighted by Gasteiger charge is 2.41. The van der Waals surface area contributed by atoms with Crippen LogP contribution in [0.2, 0.25) is 0 Å². The number of imidazole rings is 1. The molecule has 0 aromatic carbocycles. The molecule has 0 bridgehead atoms. The molecule has 20 heavy (non-hydrogen) atoms. The van der Waals surface area contributed by atoms with Crippen molar-refractivity contribution >= 4 is 5.65 Å². The lowest BCUT2D eigenvalue weighted by Crippen LogP contribution is -2.39. The van der Waals surface area contributed by atoms with Crippen LogP contribution in [-0.2, 0) is 6.18 Å². The molecule has 6 heteroatoms. The van der Waals surface area contributed by atoms with E-state index in [1.807, 2.05) is 0 Å². The van der Waals surface area contributed by atoms with Gasteiger partial charge in [-0.05, 0) is 38.3 Å². The van der Waals surface area contributed by atoms with Crippen molar-refractivity contribution in [2.45, 2.75) is 44.4 Å². The zero-order valence-electron chi connectivity index (χ0n) is 11.2. The number of hydrogen-bond acceptors (Lipinski definition) is 2. The Balaban J connectivity index is 2.07. The number of aromatic nitrogens is 2. The molecule has 1 saturated carbocycles. The van der Waals surface area contributed by atoms with Crippen LogP contribution < -0.4 is 0 Å². The Morgan fingerprint density at radius 2 is 2.00 bits per heavy atom. The number of halogens is 3. The van der Waals surface area contributed by atoms with E-state index in [0.717, 1.165) is 6.07 Å². The highest BCUT2D eigenvalue weighted by Crippen LogP contribution is 2.44. The summed E-state index contributed by atoms with van der Waals surface area (Å²) in [7, 11) is 0. The lowest BCUT2D eigenvalue weighted by atomic mass is 9.71. The molecule has 0 spiro atoms. The molecule has 108 valence electrons. The second-order valence-corrected chi connectivity index (χ2v) is 5.93. The first-order valence-electron chi connectivity index (χ1n) is 6.44. The number of fused-ring (bicyclic) bond motifs is 1. The van der Waals surface area contributed by atoms with Crippen molar-refractivity contribution in [3.63, 3.8) is 0 Å². The van der Waals surface area contributed by atoms with Crippen molar-refractivity contribution in [2.75, 3.05) is 0 Å². The van der Waals surface area contributed by atoms with E-state index in [-0.39, 0.29) is 11.6 Å². The van der Waals surface area contributed by atoms with Gasteiger partial charge in [0.15, 0.2) is 0 Å². The van der Waals surface area contributed by atoms with Gasteiger partial charge >= 0.3 is 6.18 Å². The van der Waals surface area contributed by atoms with E-state index in [9.17, 15) is 18.3 Å². The van der Waals surface area contributed by atoms with Crippen LogP contribution in [0.15, 0.2) is 18.5 Å². The summed E-state index contributed by atoms with van der Waals surface area (Å²) in [4.78, 5) is 4.14. The van der Waals surface area contributed by atoms with E-state index in [4.69, 9.17) is 0 Å². The second kappa shape index (κ2) is 3.97. The molecule has 1 aliphatic carbocycles. The minimum absolute atomic E-state index is 0.0336. The van der Waals surface area contributed by atoms with Gasteiger partial charge in [0, 0.05) is 18.3 Å². The van der Waals surface area contributed by atoms with Gasteiger partial charge in [-0.25, -0.2) is 4.98 Å². The average molecular weight is 284 g/mol. The van der Waals surface area contributed by atoms with Crippen LogP contribution in [0.4, 0.5) is 13.2 Å². The van der Waals surface area contributed by atoms with Crippen molar-refractivity contribution in [1.29, 1.82) is 0 Å². The molecule has 0 atom stereocenters. The molecule has 3 nitrogen and oxygen atoms in total. The van der Waals surface area contributed by atoms with Gasteiger partial charge in [-0.1, -0.05) is 0 Å². The number of nitrogens with zero attached hydrogens (tertiary/aromatic N) is 2. The molecular formula is C14H15F3N2O. The Bertz CT molecular complexity index is 665. The lowest BCUT2D eigenvalue weighted by molar-refractivity contribution is -0.136. The maximum atomic E-state index is 13.0. The Hall–Kier alpha value is -1.56. The molecule has 1 fully saturated rings. The summed E-state index contributed by atoms with van der Waals surface area (Å²) >= 11 is 0. The fourth-order valence-corrected chi connectivity index (χ4v) is 2.88. The summed E-state index contributed by atoms with van der Waals surface area (Å²) in [5.41, 5.74) is -0.343. The number of hydrogen-bond donors (Lipinski definition) is 1. The SMILES string of the molecule is Cc1cc(C(F)(F)F)c2nc(C3CC(C)(O)C3)cn2c1. The van der Waals surface area contributed by atoms with Crippen LogP contribution in [0.3, 0.4) is 0 Å². The standard InChI is InChI=1S/C14H15F3N2O/c1-8-3-10(14(15,16)17)12-18-11(7-19(12)6-8)9-4-13(2,20)5-9/h3,6-7,9,20H,4-5H2,1-2H3. The maximum absolute atomic E-state index is 13.0. The Morgan fingerprint density at radius 3 is 2.55 bits per heavy atom. The van der Waals surface area contributed by atoms with Crippen molar-refractivity contribution in [3.8, 4) is 0 Å². The van der Waals surface area contributed by atoms with Crippen LogP contribution in [0.1, 0.15) is 42.5 Å². The molecule has 0 amide bonds. The van der Waals surface area contributed by atoms with E-state index in [0.29, 0.717) is 24.1 Å². The second-order valence-electron chi connectivity index (χ2n) is 5.93. The zero-order chi connectivity index (χ0) is 14.7. The predicted octanol–water partition coefficient (Wildman–Crippen LogP) is 3.29. The summed E-state index contributed by atoms with van der Waals surface area (Å²) in [5.74, 6) is 0.0336. The van der Waals surface area contributed by atoms with E-state index >= 15 is 0 Å². The summed E-state index contributed by atoms with van der Waals surface area (Å²) in [6.45, 7) is 3.35. The third-order valence-electron chi connectivity index (χ3n) is 3.80. The Kier molecular flexibility index (Phi) is 2.67. The maximum Gasteiger partial charge on any atom is 0.419 e. The molecule has 3 rings (SSSR count). The number of pyridine rings is 1. The van der Waals surface area contributed by atoms with Crippen molar-refractivity contribution < 1.29 is 18.3 Å². The van der Waals surface area contributed by atoms with Gasteiger partial charge in [0.1, 0.15) is 5.65 Å². The van der Waals surface area contributed by atoms with E-state index in [1.54, 1.807) is 26.2 Å². The molecule has 2 aromatic heterocycles. The lowest BCUT2D eigenvalue weighted by Gasteiger charge is -2.39. The molecule has 2 aromatic rings. The molecule has 0 saturated heterocycles. The first-order chi connectivity index (χ1) is 9.16. The molecule has 1 N–H and O–H groups in total. The molecular weight excluding hydrogens is 269 g/mol. The van der Waals surface area contributed by atoms with Gasteiger partial charge in [0.2, 0.25) is 0 Å². The summed E-state index contributed by atoms with van der Waals surface area (Å²) in [5, 5.41) is 9.73. The molecule has 2 heterocycles. The predicted molar refractivity (Wildman–Crippen MR) is 67.5 cm³/mol. The number of aryl methyl sites for hydroxylation is 1. The molecule has 1 aliphatic rings. The first kappa shape index (κ1) is 13.4. The number of rotatable bonds is 1. The first-order valence-corrected chi connectivity index (χ1v) is 6.44. The summed E-state index contributed by atoms with van der Waals surface area (Å²) in [6.07, 6.45) is -0.0647. The molecule has 0 aliphatic heterocycles. The number of aliphatic hydroxyl groups is 1. The zero-order valence-corrected chi connectivity index (χ0v) is 11.2. The third-order valence-corrected chi connectivity index (χ3v) is 3.80.